The molecule has 5 nitrogen and oxygen atoms in total. The number of amides is 1. The van der Waals surface area contributed by atoms with Gasteiger partial charge >= 0.3 is 0 Å². The number of aryl methyl sites for hydroxylation is 1. The van der Waals surface area contributed by atoms with E-state index in [0.29, 0.717) is 51.6 Å². The lowest BCUT2D eigenvalue weighted by atomic mass is 9.88. The molecule has 0 unspecified atom stereocenters. The van der Waals surface area contributed by atoms with E-state index in [2.05, 4.69) is 11.2 Å². The van der Waals surface area contributed by atoms with Crippen LogP contribution in [0.1, 0.15) is 40.4 Å². The number of benzene rings is 2. The van der Waals surface area contributed by atoms with Crippen LogP contribution >= 0.6 is 23.2 Å². The molecule has 0 bridgehead atoms. The molecule has 0 spiro atoms. The number of methoxy groups -OCH3 is 1. The summed E-state index contributed by atoms with van der Waals surface area (Å²) in [6, 6.07) is 13.3. The topological polar surface area (TPSA) is 55.6 Å². The summed E-state index contributed by atoms with van der Waals surface area (Å²) in [5.41, 5.74) is 2.52. The Kier molecular flexibility index (Phi) is 6.02. The highest BCUT2D eigenvalue weighted by Crippen LogP contribution is 2.38. The number of carbonyl (C=O) groups excluding carboxylic acids is 1. The fraction of sp³-hybridized carbons (Fsp3) is 0.304. The summed E-state index contributed by atoms with van der Waals surface area (Å²) in [6.07, 6.45) is 1.72. The van der Waals surface area contributed by atoms with E-state index in [-0.39, 0.29) is 5.91 Å². The lowest BCUT2D eigenvalue weighted by Crippen LogP contribution is -2.38. The molecular formula is C23H22Cl2N2O3. The Labute approximate surface area is 185 Å². The van der Waals surface area contributed by atoms with E-state index in [1.807, 2.05) is 23.1 Å². The average Bonchev–Trinajstić information content (AvgIpc) is 3.14. The van der Waals surface area contributed by atoms with Crippen molar-refractivity contribution in [3.8, 4) is 17.0 Å². The summed E-state index contributed by atoms with van der Waals surface area (Å²) in [7, 11) is 1.69. The second-order valence-corrected chi connectivity index (χ2v) is 8.18. The van der Waals surface area contributed by atoms with Gasteiger partial charge in [0.1, 0.15) is 22.8 Å². The Balaban J connectivity index is 1.57. The molecule has 1 aliphatic rings. The van der Waals surface area contributed by atoms with E-state index in [9.17, 15) is 4.79 Å². The third kappa shape index (κ3) is 3.80. The first-order valence-electron chi connectivity index (χ1n) is 9.84. The Morgan fingerprint density at radius 2 is 1.77 bits per heavy atom. The van der Waals surface area contributed by atoms with Crippen molar-refractivity contribution in [1.29, 1.82) is 0 Å². The number of nitrogens with zero attached hydrogens (tertiary/aromatic N) is 2. The van der Waals surface area contributed by atoms with Gasteiger partial charge in [-0.15, -0.1) is 0 Å². The van der Waals surface area contributed by atoms with Crippen molar-refractivity contribution in [3.63, 3.8) is 0 Å². The maximum atomic E-state index is 13.4. The molecule has 4 rings (SSSR count). The van der Waals surface area contributed by atoms with Crippen LogP contribution in [-0.4, -0.2) is 36.2 Å². The van der Waals surface area contributed by atoms with Gasteiger partial charge in [0.2, 0.25) is 0 Å². The molecule has 7 heteroatoms. The van der Waals surface area contributed by atoms with E-state index in [0.717, 1.165) is 18.6 Å². The molecule has 0 saturated carbocycles. The molecule has 3 aromatic rings. The maximum Gasteiger partial charge on any atom is 0.259 e. The number of piperidine rings is 1. The summed E-state index contributed by atoms with van der Waals surface area (Å²) in [4.78, 5) is 15.2. The fourth-order valence-corrected chi connectivity index (χ4v) is 4.65. The number of ether oxygens (including phenoxy) is 1. The zero-order valence-electron chi connectivity index (χ0n) is 16.8. The first-order valence-corrected chi connectivity index (χ1v) is 10.6. The molecular weight excluding hydrogens is 423 g/mol. The van der Waals surface area contributed by atoms with Crippen LogP contribution < -0.4 is 4.74 Å². The highest BCUT2D eigenvalue weighted by atomic mass is 35.5. The van der Waals surface area contributed by atoms with Gasteiger partial charge in [0.05, 0.1) is 17.2 Å². The highest BCUT2D eigenvalue weighted by molar-refractivity contribution is 6.39. The molecule has 156 valence electrons. The summed E-state index contributed by atoms with van der Waals surface area (Å²) in [5.74, 6) is 1.59. The monoisotopic (exact) mass is 444 g/mol. The number of para-hydroxylation sites is 1. The predicted molar refractivity (Wildman–Crippen MR) is 118 cm³/mol. The minimum absolute atomic E-state index is 0.113. The molecule has 1 amide bonds. The minimum atomic E-state index is -0.113. The van der Waals surface area contributed by atoms with Crippen molar-refractivity contribution in [2.24, 2.45) is 0 Å². The molecule has 2 aromatic carbocycles. The number of aromatic nitrogens is 1. The van der Waals surface area contributed by atoms with Crippen molar-refractivity contribution in [2.45, 2.75) is 25.7 Å². The molecule has 1 fully saturated rings. The van der Waals surface area contributed by atoms with E-state index in [4.69, 9.17) is 32.5 Å². The van der Waals surface area contributed by atoms with Gasteiger partial charge in [0.15, 0.2) is 0 Å². The standard InChI is InChI=1S/C23H22Cl2N2O3/c1-14-20(22(26-30-14)21-17(24)7-5-8-18(21)25)23(28)27-12-10-15(11-13-27)16-6-3-4-9-19(16)29-2/h3-9,15H,10-13H2,1-2H3. The highest BCUT2D eigenvalue weighted by Gasteiger charge is 2.31. The third-order valence-electron chi connectivity index (χ3n) is 5.64. The Bertz CT molecular complexity index is 1050. The number of rotatable bonds is 4. The third-order valence-corrected chi connectivity index (χ3v) is 6.27. The van der Waals surface area contributed by atoms with Crippen LogP contribution in [0.15, 0.2) is 47.0 Å². The smallest absolute Gasteiger partial charge is 0.259 e. The molecule has 0 N–H and O–H groups in total. The van der Waals surface area contributed by atoms with Gasteiger partial charge in [-0.05, 0) is 49.4 Å². The SMILES string of the molecule is COc1ccccc1C1CCN(C(=O)c2c(-c3c(Cl)cccc3Cl)noc2C)CC1. The van der Waals surface area contributed by atoms with Crippen LogP contribution in [-0.2, 0) is 0 Å². The van der Waals surface area contributed by atoms with Crippen LogP contribution in [0.2, 0.25) is 10.0 Å². The van der Waals surface area contributed by atoms with Crippen LogP contribution in [0.25, 0.3) is 11.3 Å². The molecule has 0 atom stereocenters. The first kappa shape index (κ1) is 20.8. The van der Waals surface area contributed by atoms with Crippen molar-refractivity contribution in [2.75, 3.05) is 20.2 Å². The Morgan fingerprint density at radius 3 is 2.43 bits per heavy atom. The van der Waals surface area contributed by atoms with Crippen molar-refractivity contribution < 1.29 is 14.1 Å². The second-order valence-electron chi connectivity index (χ2n) is 7.37. The zero-order valence-corrected chi connectivity index (χ0v) is 18.3. The van der Waals surface area contributed by atoms with Gasteiger partial charge in [-0.1, -0.05) is 52.6 Å². The fourth-order valence-electron chi connectivity index (χ4n) is 4.07. The van der Waals surface area contributed by atoms with Crippen LogP contribution in [0.3, 0.4) is 0 Å². The largest absolute Gasteiger partial charge is 0.496 e. The van der Waals surface area contributed by atoms with E-state index in [1.54, 1.807) is 32.2 Å². The molecule has 1 saturated heterocycles. The van der Waals surface area contributed by atoms with Crippen molar-refractivity contribution in [1.82, 2.24) is 10.1 Å². The van der Waals surface area contributed by atoms with Crippen molar-refractivity contribution in [3.05, 3.63) is 69.4 Å². The minimum Gasteiger partial charge on any atom is -0.496 e. The second kappa shape index (κ2) is 8.70. The number of hydrogen-bond donors (Lipinski definition) is 0. The van der Waals surface area contributed by atoms with Crippen LogP contribution in [0, 0.1) is 6.92 Å². The quantitative estimate of drug-likeness (QED) is 0.496. The molecule has 1 aromatic heterocycles. The van der Waals surface area contributed by atoms with Gasteiger partial charge in [0, 0.05) is 18.7 Å². The molecule has 1 aliphatic heterocycles. The van der Waals surface area contributed by atoms with Gasteiger partial charge in [-0.25, -0.2) is 0 Å². The average molecular weight is 445 g/mol. The summed E-state index contributed by atoms with van der Waals surface area (Å²) in [5, 5.41) is 4.96. The number of carbonyl (C=O) groups is 1. The van der Waals surface area contributed by atoms with Gasteiger partial charge < -0.3 is 14.2 Å². The molecule has 30 heavy (non-hydrogen) atoms. The van der Waals surface area contributed by atoms with Gasteiger partial charge in [-0.2, -0.15) is 0 Å². The predicted octanol–water partition coefficient (Wildman–Crippen LogP) is 5.99. The number of likely N-dealkylation sites (tertiary alicyclic amines) is 1. The van der Waals surface area contributed by atoms with E-state index >= 15 is 0 Å². The van der Waals surface area contributed by atoms with E-state index < -0.39 is 0 Å². The molecule has 0 aliphatic carbocycles. The Hall–Kier alpha value is -2.50. The summed E-state index contributed by atoms with van der Waals surface area (Å²) >= 11 is 12.7. The Morgan fingerprint density at radius 1 is 1.10 bits per heavy atom. The lowest BCUT2D eigenvalue weighted by molar-refractivity contribution is 0.0711. The van der Waals surface area contributed by atoms with Crippen LogP contribution in [0.4, 0.5) is 0 Å². The zero-order chi connectivity index (χ0) is 21.3. The van der Waals surface area contributed by atoms with Gasteiger partial charge in [0.25, 0.3) is 5.91 Å². The molecule has 0 radical (unpaired) electrons. The van der Waals surface area contributed by atoms with Crippen molar-refractivity contribution >= 4 is 29.1 Å². The molecule has 2 heterocycles. The number of halogens is 2. The number of hydrogen-bond acceptors (Lipinski definition) is 4. The summed E-state index contributed by atoms with van der Waals surface area (Å²) < 4.78 is 10.9. The maximum absolute atomic E-state index is 13.4. The van der Waals surface area contributed by atoms with Gasteiger partial charge in [-0.3, -0.25) is 4.79 Å². The first-order chi connectivity index (χ1) is 14.5. The van der Waals surface area contributed by atoms with Crippen LogP contribution in [0.5, 0.6) is 5.75 Å². The summed E-state index contributed by atoms with van der Waals surface area (Å²) in [6.45, 7) is 3.01. The van der Waals surface area contributed by atoms with E-state index in [1.165, 1.54) is 5.56 Å². The normalized spacial score (nSPS) is 14.7. The lowest BCUT2D eigenvalue weighted by Gasteiger charge is -2.32.